The molecule has 2 amide bonds. The van der Waals surface area contributed by atoms with Crippen molar-refractivity contribution in [3.8, 4) is 6.07 Å². The number of likely N-dealkylation sites (N-methyl/N-ethyl adjacent to an activating group) is 1. The first-order valence-electron chi connectivity index (χ1n) is 6.52. The molecule has 1 fully saturated rings. The molecular formula is C13H21N3O2. The Morgan fingerprint density at radius 3 is 2.44 bits per heavy atom. The quantitative estimate of drug-likeness (QED) is 0.602. The van der Waals surface area contributed by atoms with Crippen molar-refractivity contribution in [1.29, 1.82) is 5.26 Å². The number of amides is 2. The Bertz CT molecular complexity index is 341. The minimum atomic E-state index is -0.684. The zero-order chi connectivity index (χ0) is 13.5. The van der Waals surface area contributed by atoms with Gasteiger partial charge in [-0.25, -0.2) is 0 Å². The second-order valence-corrected chi connectivity index (χ2v) is 4.84. The van der Waals surface area contributed by atoms with E-state index in [0.717, 1.165) is 31.6 Å². The van der Waals surface area contributed by atoms with Crippen molar-refractivity contribution in [2.24, 2.45) is 5.92 Å². The Labute approximate surface area is 108 Å². The highest BCUT2D eigenvalue weighted by molar-refractivity contribution is 6.35. The van der Waals surface area contributed by atoms with Crippen molar-refractivity contribution in [2.45, 2.75) is 45.1 Å². The first-order chi connectivity index (χ1) is 8.60. The van der Waals surface area contributed by atoms with Crippen LogP contribution in [-0.2, 0) is 9.59 Å². The smallest absolute Gasteiger partial charge is 0.311 e. The van der Waals surface area contributed by atoms with Crippen LogP contribution < -0.4 is 5.32 Å². The van der Waals surface area contributed by atoms with Gasteiger partial charge >= 0.3 is 11.8 Å². The second-order valence-electron chi connectivity index (χ2n) is 4.84. The molecule has 1 aliphatic rings. The minimum absolute atomic E-state index is 0.124. The molecule has 0 spiro atoms. The summed E-state index contributed by atoms with van der Waals surface area (Å²) in [5.74, 6) is -0.459. The lowest BCUT2D eigenvalue weighted by Gasteiger charge is -2.34. The maximum atomic E-state index is 11.8. The molecule has 0 radical (unpaired) electrons. The molecule has 100 valence electrons. The van der Waals surface area contributed by atoms with Crippen LogP contribution in [0.5, 0.6) is 0 Å². The predicted octanol–water partition coefficient (Wildman–Crippen LogP) is 1.05. The fourth-order valence-electron chi connectivity index (χ4n) is 2.46. The van der Waals surface area contributed by atoms with Crippen LogP contribution in [0.25, 0.3) is 0 Å². The highest BCUT2D eigenvalue weighted by Crippen LogP contribution is 2.28. The van der Waals surface area contributed by atoms with Crippen LogP contribution in [-0.4, -0.2) is 36.3 Å². The number of carbonyl (C=O) groups is 2. The zero-order valence-corrected chi connectivity index (χ0v) is 11.1. The van der Waals surface area contributed by atoms with Gasteiger partial charge in [-0.05, 0) is 31.6 Å². The topological polar surface area (TPSA) is 73.2 Å². The Morgan fingerprint density at radius 2 is 1.94 bits per heavy atom. The van der Waals surface area contributed by atoms with Crippen LogP contribution in [0.15, 0.2) is 0 Å². The van der Waals surface area contributed by atoms with E-state index >= 15 is 0 Å². The monoisotopic (exact) mass is 251 g/mol. The number of nitriles is 1. The van der Waals surface area contributed by atoms with Gasteiger partial charge in [0.1, 0.15) is 6.54 Å². The van der Waals surface area contributed by atoms with E-state index in [1.54, 1.807) is 13.1 Å². The lowest BCUT2D eigenvalue weighted by molar-refractivity contribution is -0.146. The number of rotatable bonds is 3. The first kappa shape index (κ1) is 14.5. The third kappa shape index (κ3) is 3.73. The van der Waals surface area contributed by atoms with E-state index in [0.29, 0.717) is 0 Å². The zero-order valence-electron chi connectivity index (χ0n) is 11.1. The Morgan fingerprint density at radius 1 is 1.33 bits per heavy atom. The van der Waals surface area contributed by atoms with Crippen LogP contribution in [0.4, 0.5) is 0 Å². The average molecular weight is 251 g/mol. The van der Waals surface area contributed by atoms with Crippen LogP contribution in [0.3, 0.4) is 0 Å². The highest BCUT2D eigenvalue weighted by atomic mass is 16.2. The van der Waals surface area contributed by atoms with E-state index in [4.69, 9.17) is 5.26 Å². The summed E-state index contributed by atoms with van der Waals surface area (Å²) in [6, 6.07) is 1.94. The van der Waals surface area contributed by atoms with E-state index in [2.05, 4.69) is 12.2 Å². The summed E-state index contributed by atoms with van der Waals surface area (Å²) in [6.07, 6.45) is 5.36. The second kappa shape index (κ2) is 7.00. The van der Waals surface area contributed by atoms with Crippen molar-refractivity contribution in [2.75, 3.05) is 13.6 Å². The lowest BCUT2D eigenvalue weighted by Crippen LogP contribution is -2.46. The summed E-state index contributed by atoms with van der Waals surface area (Å²) < 4.78 is 0. The van der Waals surface area contributed by atoms with Gasteiger partial charge in [-0.3, -0.25) is 9.59 Å². The van der Waals surface area contributed by atoms with Crippen LogP contribution >= 0.6 is 0 Å². The van der Waals surface area contributed by atoms with E-state index in [1.165, 1.54) is 11.3 Å². The van der Waals surface area contributed by atoms with Crippen molar-refractivity contribution in [3.05, 3.63) is 0 Å². The van der Waals surface area contributed by atoms with Gasteiger partial charge < -0.3 is 10.2 Å². The van der Waals surface area contributed by atoms with Crippen molar-refractivity contribution in [3.63, 3.8) is 0 Å². The molecule has 18 heavy (non-hydrogen) atoms. The minimum Gasteiger partial charge on any atom is -0.335 e. The van der Waals surface area contributed by atoms with Gasteiger partial charge in [0.2, 0.25) is 0 Å². The SMILES string of the molecule is CCC1CCC(N(C)C(=O)C(=O)NCC#N)CC1. The largest absolute Gasteiger partial charge is 0.335 e. The van der Waals surface area contributed by atoms with E-state index < -0.39 is 11.8 Å². The molecule has 0 aliphatic heterocycles. The number of hydrogen-bond donors (Lipinski definition) is 1. The van der Waals surface area contributed by atoms with Crippen molar-refractivity contribution in [1.82, 2.24) is 10.2 Å². The summed E-state index contributed by atoms with van der Waals surface area (Å²) in [7, 11) is 1.67. The molecule has 0 bridgehead atoms. The number of nitrogens with one attached hydrogen (secondary N) is 1. The molecule has 5 nitrogen and oxygen atoms in total. The average Bonchev–Trinajstić information content (AvgIpc) is 2.43. The molecule has 0 aromatic heterocycles. The molecule has 0 aromatic carbocycles. The number of nitrogens with zero attached hydrogens (tertiary/aromatic N) is 2. The fraction of sp³-hybridized carbons (Fsp3) is 0.769. The summed E-state index contributed by atoms with van der Waals surface area (Å²) >= 11 is 0. The van der Waals surface area contributed by atoms with Gasteiger partial charge in [-0.15, -0.1) is 0 Å². The molecule has 0 atom stereocenters. The van der Waals surface area contributed by atoms with Gasteiger partial charge in [0.25, 0.3) is 0 Å². The Kier molecular flexibility index (Phi) is 5.63. The summed E-state index contributed by atoms with van der Waals surface area (Å²) in [4.78, 5) is 24.8. The molecule has 0 aromatic rings. The van der Waals surface area contributed by atoms with Crippen LogP contribution in [0.2, 0.25) is 0 Å². The van der Waals surface area contributed by atoms with Crippen molar-refractivity contribution >= 4 is 11.8 Å². The van der Waals surface area contributed by atoms with Gasteiger partial charge in [0.05, 0.1) is 6.07 Å². The lowest BCUT2D eigenvalue weighted by atomic mass is 9.84. The first-order valence-corrected chi connectivity index (χ1v) is 6.52. The Balaban J connectivity index is 2.45. The molecule has 1 saturated carbocycles. The standard InChI is InChI=1S/C13H21N3O2/c1-3-10-4-6-11(7-5-10)16(2)13(18)12(17)15-9-8-14/h10-11H,3-7,9H2,1-2H3,(H,15,17). The fourth-order valence-corrected chi connectivity index (χ4v) is 2.46. The van der Waals surface area contributed by atoms with Crippen LogP contribution in [0, 0.1) is 17.2 Å². The third-order valence-electron chi connectivity index (χ3n) is 3.78. The number of hydrogen-bond acceptors (Lipinski definition) is 3. The Hall–Kier alpha value is -1.57. The molecular weight excluding hydrogens is 230 g/mol. The van der Waals surface area contributed by atoms with E-state index in [-0.39, 0.29) is 12.6 Å². The molecule has 1 N–H and O–H groups in total. The maximum absolute atomic E-state index is 11.8. The van der Waals surface area contributed by atoms with Gasteiger partial charge in [-0.1, -0.05) is 13.3 Å². The molecule has 0 unspecified atom stereocenters. The van der Waals surface area contributed by atoms with Crippen molar-refractivity contribution < 1.29 is 9.59 Å². The van der Waals surface area contributed by atoms with Gasteiger partial charge in [0, 0.05) is 13.1 Å². The molecule has 0 heterocycles. The highest BCUT2D eigenvalue weighted by Gasteiger charge is 2.28. The predicted molar refractivity (Wildman–Crippen MR) is 67.4 cm³/mol. The normalized spacial score (nSPS) is 22.9. The van der Waals surface area contributed by atoms with Gasteiger partial charge in [0.15, 0.2) is 0 Å². The molecule has 0 saturated heterocycles. The summed E-state index contributed by atoms with van der Waals surface area (Å²) in [5, 5.41) is 10.6. The van der Waals surface area contributed by atoms with Crippen LogP contribution in [0.1, 0.15) is 39.0 Å². The summed E-state index contributed by atoms with van der Waals surface area (Å²) in [6.45, 7) is 2.07. The van der Waals surface area contributed by atoms with E-state index in [1.807, 2.05) is 0 Å². The van der Waals surface area contributed by atoms with E-state index in [9.17, 15) is 9.59 Å². The third-order valence-corrected chi connectivity index (χ3v) is 3.78. The molecule has 1 aliphatic carbocycles. The number of carbonyl (C=O) groups excluding carboxylic acids is 2. The van der Waals surface area contributed by atoms with Gasteiger partial charge in [-0.2, -0.15) is 5.26 Å². The summed E-state index contributed by atoms with van der Waals surface area (Å²) in [5.41, 5.74) is 0. The molecule has 5 heteroatoms. The maximum Gasteiger partial charge on any atom is 0.311 e. The molecule has 1 rings (SSSR count).